The second kappa shape index (κ2) is 48.1. The van der Waals surface area contributed by atoms with Gasteiger partial charge >= 0.3 is 0 Å². The average Bonchev–Trinajstić information content (AvgIpc) is 3.92. The van der Waals surface area contributed by atoms with Gasteiger partial charge in [0.25, 0.3) is 0 Å². The number of hydrogen-bond acceptors (Lipinski definition) is 9. The van der Waals surface area contributed by atoms with Gasteiger partial charge in [-0.2, -0.15) is 0 Å². The number of rotatable bonds is 12. The van der Waals surface area contributed by atoms with Crippen molar-refractivity contribution in [2.24, 2.45) is 0 Å². The highest BCUT2D eigenvalue weighted by Gasteiger charge is 2.21. The zero-order valence-corrected chi connectivity index (χ0v) is 63.5. The lowest BCUT2D eigenvalue weighted by atomic mass is 10.4. The van der Waals surface area contributed by atoms with E-state index >= 15 is 0 Å². The number of hydrogen-bond donors (Lipinski definition) is 6. The van der Waals surface area contributed by atoms with Crippen LogP contribution in [0, 0.1) is 0 Å². The van der Waals surface area contributed by atoms with Crippen LogP contribution in [0.3, 0.4) is 0 Å². The summed E-state index contributed by atoms with van der Waals surface area (Å²) in [5.74, 6) is 0. The van der Waals surface area contributed by atoms with Crippen LogP contribution in [0.25, 0.3) is 0 Å². The van der Waals surface area contributed by atoms with E-state index in [0.29, 0.717) is 33.2 Å². The van der Waals surface area contributed by atoms with Gasteiger partial charge in [0.1, 0.15) is 74.9 Å². The zero-order valence-electron chi connectivity index (χ0n) is 37.4. The third-order valence-corrected chi connectivity index (χ3v) is 46.6. The molecule has 0 aromatic heterocycles. The molecule has 6 N–H and O–H groups in total. The van der Waals surface area contributed by atoms with E-state index < -0.39 is 58.6 Å². The normalized spacial score (nSPS) is 31.0. The quantitative estimate of drug-likeness (QED) is 0.106. The minimum atomic E-state index is -0.845. The lowest BCUT2D eigenvalue weighted by Crippen LogP contribution is -2.09. The molecule has 14 unspecified atom stereocenters. The molecule has 0 radical (unpaired) electrons. The standard InChI is InChI=1S/C4H12Br2Si2.3C4H14O2Si2.3C4H12OSi2.Br2/c4*1-3(7-5)4(2)8-6;3*1-3-4(2)7-5-6-3;1-2/h3-4H,7-8H2,1-2H3;3*3-6H,7-8H2,1-2H3;3*3-4H,6-7H2,1-2H3;. The first-order chi connectivity index (χ1) is 25.8. The van der Waals surface area contributed by atoms with E-state index in [1.807, 2.05) is 41.5 Å². The molecule has 0 saturated carbocycles. The van der Waals surface area contributed by atoms with Crippen LogP contribution < -0.4 is 0 Å². The lowest BCUT2D eigenvalue weighted by Gasteiger charge is -2.11. The summed E-state index contributed by atoms with van der Waals surface area (Å²) in [5, 5.41) is 0. The Labute approximate surface area is 403 Å². The maximum atomic E-state index is 8.69. The van der Waals surface area contributed by atoms with Crippen LogP contribution in [0.15, 0.2) is 0 Å². The van der Waals surface area contributed by atoms with E-state index in [4.69, 9.17) is 41.1 Å². The molecule has 0 spiro atoms. The fourth-order valence-corrected chi connectivity index (χ4v) is 31.9. The van der Waals surface area contributed by atoms with Gasteiger partial charge in [-0.3, -0.25) is 0 Å². The topological polar surface area (TPSA) is 149 Å². The highest BCUT2D eigenvalue weighted by molar-refractivity contribution is 9.93. The van der Waals surface area contributed by atoms with E-state index in [-0.39, 0.29) is 74.9 Å². The molecule has 340 valence electrons. The lowest BCUT2D eigenvalue weighted by molar-refractivity contribution is 0.548. The van der Waals surface area contributed by atoms with Crippen LogP contribution in [0.4, 0.5) is 0 Å². The van der Waals surface area contributed by atoms with Crippen molar-refractivity contribution in [2.45, 2.75) is 175 Å². The maximum Gasteiger partial charge on any atom is 0.159 e. The summed E-state index contributed by atoms with van der Waals surface area (Å²) in [6.45, 7) is 30.8. The van der Waals surface area contributed by atoms with Crippen molar-refractivity contribution in [2.75, 3.05) is 0 Å². The second-order valence-corrected chi connectivity index (χ2v) is 48.3. The van der Waals surface area contributed by atoms with Gasteiger partial charge in [0.05, 0.1) is 0 Å². The summed E-state index contributed by atoms with van der Waals surface area (Å²) in [7, 11) is -4.99. The van der Waals surface area contributed by atoms with Crippen LogP contribution in [0.1, 0.15) is 96.9 Å². The van der Waals surface area contributed by atoms with Crippen molar-refractivity contribution in [3.63, 3.8) is 0 Å². The predicted octanol–water partition coefficient (Wildman–Crippen LogP) is -1.08. The van der Waals surface area contributed by atoms with Gasteiger partial charge in [-0.15, -0.1) is 30.6 Å². The summed E-state index contributed by atoms with van der Waals surface area (Å²) in [6, 6.07) is 0. The summed E-state index contributed by atoms with van der Waals surface area (Å²) in [5.41, 5.74) is 10.5. The molecule has 3 rings (SSSR count). The fourth-order valence-electron chi connectivity index (χ4n) is 3.69. The van der Waals surface area contributed by atoms with Crippen LogP contribution >= 0.6 is 58.8 Å². The van der Waals surface area contributed by atoms with Gasteiger partial charge < -0.3 is 41.1 Å². The third kappa shape index (κ3) is 42.3. The van der Waals surface area contributed by atoms with E-state index in [2.05, 4.69) is 114 Å². The molecule has 3 saturated heterocycles. The first kappa shape index (κ1) is 68.6. The zero-order chi connectivity index (χ0) is 44.1. The van der Waals surface area contributed by atoms with Gasteiger partial charge in [0, 0.05) is 28.3 Å². The van der Waals surface area contributed by atoms with Crippen molar-refractivity contribution < 1.29 is 41.1 Å². The Balaban J connectivity index is -0.000000175. The SMILES string of the molecule is BrBr.CC([SiH2]Br)C(C)[SiH2]Br.CC([SiH2]O)C(C)[SiH2]O.CC([SiH2]O)C(C)[SiH2]O.CC([SiH2]O)C(C)[SiH2]O.CC1[SiH2]O[SiH2]C1C.CC1[SiH2]O[SiH2]C1C.CC1[SiH2]O[SiH2]C1C. The molecule has 0 aromatic carbocycles. The van der Waals surface area contributed by atoms with Crippen molar-refractivity contribution in [3.8, 4) is 0 Å². The van der Waals surface area contributed by atoms with E-state index in [9.17, 15) is 0 Å². The smallest absolute Gasteiger partial charge is 0.159 e. The molecule has 0 amide bonds. The van der Waals surface area contributed by atoms with Crippen molar-refractivity contribution in [3.05, 3.63) is 0 Å². The largest absolute Gasteiger partial charge is 0.465 e. The summed E-state index contributed by atoms with van der Waals surface area (Å²) < 4.78 is 16.3. The Kier molecular flexibility index (Phi) is 60.0. The molecular formula is C28H90Br4O9Si14. The summed E-state index contributed by atoms with van der Waals surface area (Å²) >= 11 is 12.7. The average molecular weight is 1280 g/mol. The Morgan fingerprint density at radius 3 is 0.527 bits per heavy atom. The van der Waals surface area contributed by atoms with Gasteiger partial charge in [0.15, 0.2) is 58.6 Å². The molecule has 9 nitrogen and oxygen atoms in total. The van der Waals surface area contributed by atoms with E-state index in [1.165, 1.54) is 0 Å². The molecule has 3 aliphatic rings. The van der Waals surface area contributed by atoms with Crippen LogP contribution in [0.5, 0.6) is 0 Å². The van der Waals surface area contributed by atoms with Crippen LogP contribution in [-0.4, -0.2) is 162 Å². The van der Waals surface area contributed by atoms with Crippen molar-refractivity contribution >= 4 is 192 Å². The first-order valence-electron chi connectivity index (χ1n) is 20.4. The van der Waals surface area contributed by atoms with Crippen LogP contribution in [0.2, 0.25) is 77.6 Å². The van der Waals surface area contributed by atoms with Crippen molar-refractivity contribution in [1.82, 2.24) is 0 Å². The highest BCUT2D eigenvalue weighted by Crippen LogP contribution is 2.28. The second-order valence-electron chi connectivity index (χ2n) is 16.7. The molecule has 0 bridgehead atoms. The number of halogens is 4. The molecule has 3 heterocycles. The Hall–Kier alpha value is 4.60. The molecule has 3 aliphatic heterocycles. The molecule has 0 aliphatic carbocycles. The third-order valence-electron chi connectivity index (χ3n) is 11.3. The first-order valence-corrected chi connectivity index (χ1v) is 50.6. The Morgan fingerprint density at radius 1 is 0.345 bits per heavy atom. The predicted molar refractivity (Wildman–Crippen MR) is 304 cm³/mol. The van der Waals surface area contributed by atoms with E-state index in [1.54, 1.807) is 0 Å². The van der Waals surface area contributed by atoms with Gasteiger partial charge in [0.2, 0.25) is 0 Å². The summed E-state index contributed by atoms with van der Waals surface area (Å²) in [6.07, 6.45) is 0. The van der Waals surface area contributed by atoms with Crippen molar-refractivity contribution in [1.29, 1.82) is 0 Å². The fraction of sp³-hybridized carbons (Fsp3) is 1.00. The Morgan fingerprint density at radius 2 is 0.473 bits per heavy atom. The molecule has 3 fully saturated rings. The Bertz CT molecular complexity index is 625. The highest BCUT2D eigenvalue weighted by atomic mass is 80.9. The van der Waals surface area contributed by atoms with Gasteiger partial charge in [-0.25, -0.2) is 0 Å². The maximum absolute atomic E-state index is 8.69. The molecule has 0 aromatic rings. The minimum Gasteiger partial charge on any atom is -0.465 e. The van der Waals surface area contributed by atoms with Crippen LogP contribution in [-0.2, 0) is 12.3 Å². The van der Waals surface area contributed by atoms with Gasteiger partial charge in [-0.1, -0.05) is 96.9 Å². The van der Waals surface area contributed by atoms with E-state index in [0.717, 1.165) is 44.3 Å². The monoisotopic (exact) mass is 1280 g/mol. The molecule has 55 heavy (non-hydrogen) atoms. The van der Waals surface area contributed by atoms with Gasteiger partial charge in [-0.05, 0) is 77.6 Å². The molecular weight excluding hydrogens is 1190 g/mol. The molecule has 27 heteroatoms. The minimum absolute atomic E-state index is 0.0181. The molecule has 14 atom stereocenters. The summed E-state index contributed by atoms with van der Waals surface area (Å²) in [4.78, 5) is 52.1.